The van der Waals surface area contributed by atoms with Gasteiger partial charge in [0.2, 0.25) is 5.91 Å². The largest absolute Gasteiger partial charge is 0.481 e. The van der Waals surface area contributed by atoms with Crippen LogP contribution in [0.3, 0.4) is 0 Å². The first-order valence-corrected chi connectivity index (χ1v) is 7.69. The van der Waals surface area contributed by atoms with Gasteiger partial charge in [0.1, 0.15) is 0 Å². The van der Waals surface area contributed by atoms with Crippen molar-refractivity contribution in [2.45, 2.75) is 45.6 Å². The molecule has 2 atom stereocenters. The third-order valence-corrected chi connectivity index (χ3v) is 4.22. The smallest absolute Gasteiger partial charge is 0.308 e. The molecule has 21 heavy (non-hydrogen) atoms. The molecule has 0 spiro atoms. The summed E-state index contributed by atoms with van der Waals surface area (Å²) in [5, 5.41) is 9.51. The number of nitrogens with zero attached hydrogens (tertiary/aromatic N) is 1. The van der Waals surface area contributed by atoms with Gasteiger partial charge < -0.3 is 10.0 Å². The Morgan fingerprint density at radius 3 is 2.48 bits per heavy atom. The number of hydrogen-bond donors (Lipinski definition) is 1. The minimum absolute atomic E-state index is 0.0684. The van der Waals surface area contributed by atoms with Gasteiger partial charge in [0.05, 0.1) is 12.0 Å². The molecule has 2 unspecified atom stereocenters. The summed E-state index contributed by atoms with van der Waals surface area (Å²) >= 11 is 0. The third-order valence-electron chi connectivity index (χ3n) is 4.22. The van der Waals surface area contributed by atoms with E-state index < -0.39 is 11.9 Å². The van der Waals surface area contributed by atoms with E-state index in [0.29, 0.717) is 19.4 Å². The Morgan fingerprint density at radius 1 is 1.29 bits per heavy atom. The summed E-state index contributed by atoms with van der Waals surface area (Å²) in [6, 6.07) is 7.66. The van der Waals surface area contributed by atoms with Gasteiger partial charge >= 0.3 is 5.97 Å². The Labute approximate surface area is 125 Å². The van der Waals surface area contributed by atoms with Crippen molar-refractivity contribution in [1.29, 1.82) is 0 Å². The van der Waals surface area contributed by atoms with E-state index in [1.54, 1.807) is 4.90 Å². The lowest BCUT2D eigenvalue weighted by molar-refractivity contribution is -0.152. The van der Waals surface area contributed by atoms with Crippen molar-refractivity contribution in [3.8, 4) is 0 Å². The fourth-order valence-electron chi connectivity index (χ4n) is 3.08. The van der Waals surface area contributed by atoms with Crippen LogP contribution in [0.15, 0.2) is 24.3 Å². The van der Waals surface area contributed by atoms with Crippen LogP contribution in [0.25, 0.3) is 0 Å². The lowest BCUT2D eigenvalue weighted by Gasteiger charge is -2.39. The fraction of sp³-hybridized carbons (Fsp3) is 0.529. The lowest BCUT2D eigenvalue weighted by atomic mass is 9.84. The van der Waals surface area contributed by atoms with Gasteiger partial charge in [-0.15, -0.1) is 0 Å². The van der Waals surface area contributed by atoms with Crippen molar-refractivity contribution < 1.29 is 14.7 Å². The van der Waals surface area contributed by atoms with Gasteiger partial charge in [-0.25, -0.2) is 0 Å². The Bertz CT molecular complexity index is 509. The topological polar surface area (TPSA) is 57.6 Å². The molecular weight excluding hydrogens is 266 g/mol. The molecular formula is C17H23NO3. The number of amides is 1. The maximum Gasteiger partial charge on any atom is 0.308 e. The standard InChI is InChI=1S/C17H23NO3/c1-3-11-18-15(19)10-9-14(17(20)21)16(18)13-7-5-12(4-2)6-8-13/h5-8,14,16H,3-4,9-11H2,1-2H3,(H,20,21). The minimum atomic E-state index is -0.812. The first kappa shape index (κ1) is 15.5. The molecule has 1 N–H and O–H groups in total. The Balaban J connectivity index is 2.37. The molecule has 2 rings (SSSR count). The van der Waals surface area contributed by atoms with Crippen LogP contribution in [-0.4, -0.2) is 28.4 Å². The minimum Gasteiger partial charge on any atom is -0.481 e. The molecule has 1 saturated heterocycles. The van der Waals surface area contributed by atoms with Crippen LogP contribution >= 0.6 is 0 Å². The van der Waals surface area contributed by atoms with Crippen LogP contribution in [0, 0.1) is 5.92 Å². The molecule has 114 valence electrons. The van der Waals surface area contributed by atoms with Crippen molar-refractivity contribution in [2.75, 3.05) is 6.54 Å². The predicted octanol–water partition coefficient (Wildman–Crippen LogP) is 3.02. The average Bonchev–Trinajstić information content (AvgIpc) is 2.49. The molecule has 1 aliphatic rings. The second-order valence-electron chi connectivity index (χ2n) is 5.61. The van der Waals surface area contributed by atoms with E-state index in [9.17, 15) is 14.7 Å². The average molecular weight is 289 g/mol. The number of piperidine rings is 1. The van der Waals surface area contributed by atoms with Gasteiger partial charge in [-0.1, -0.05) is 38.1 Å². The lowest BCUT2D eigenvalue weighted by Crippen LogP contribution is -2.45. The second kappa shape index (κ2) is 6.74. The van der Waals surface area contributed by atoms with Gasteiger partial charge in [-0.2, -0.15) is 0 Å². The molecule has 1 aromatic carbocycles. The predicted molar refractivity (Wildman–Crippen MR) is 80.9 cm³/mol. The molecule has 0 aliphatic carbocycles. The summed E-state index contributed by atoms with van der Waals surface area (Å²) in [4.78, 5) is 25.5. The maximum atomic E-state index is 12.2. The van der Waals surface area contributed by atoms with E-state index in [2.05, 4.69) is 6.92 Å². The van der Waals surface area contributed by atoms with Crippen molar-refractivity contribution in [1.82, 2.24) is 4.90 Å². The summed E-state index contributed by atoms with van der Waals surface area (Å²) < 4.78 is 0. The SMILES string of the molecule is CCCN1C(=O)CCC(C(=O)O)C1c1ccc(CC)cc1. The van der Waals surface area contributed by atoms with Crippen LogP contribution < -0.4 is 0 Å². The van der Waals surface area contributed by atoms with Gasteiger partial charge in [0.25, 0.3) is 0 Å². The van der Waals surface area contributed by atoms with Crippen LogP contribution in [0.4, 0.5) is 0 Å². The zero-order valence-corrected chi connectivity index (χ0v) is 12.7. The Hall–Kier alpha value is -1.84. The highest BCUT2D eigenvalue weighted by molar-refractivity contribution is 5.81. The zero-order valence-electron chi connectivity index (χ0n) is 12.7. The number of rotatable bonds is 5. The molecule has 0 aromatic heterocycles. The molecule has 0 radical (unpaired) electrons. The molecule has 1 amide bonds. The Kier molecular flexibility index (Phi) is 4.99. The monoisotopic (exact) mass is 289 g/mol. The number of likely N-dealkylation sites (tertiary alicyclic amines) is 1. The van der Waals surface area contributed by atoms with E-state index in [4.69, 9.17) is 0 Å². The molecule has 0 saturated carbocycles. The van der Waals surface area contributed by atoms with Gasteiger partial charge in [-0.05, 0) is 30.4 Å². The van der Waals surface area contributed by atoms with E-state index in [-0.39, 0.29) is 11.9 Å². The van der Waals surface area contributed by atoms with E-state index >= 15 is 0 Å². The number of hydrogen-bond acceptors (Lipinski definition) is 2. The number of aliphatic carboxylic acids is 1. The summed E-state index contributed by atoms with van der Waals surface area (Å²) in [5.74, 6) is -1.26. The van der Waals surface area contributed by atoms with Crippen LogP contribution in [0.5, 0.6) is 0 Å². The highest BCUT2D eigenvalue weighted by atomic mass is 16.4. The van der Waals surface area contributed by atoms with Gasteiger partial charge in [0.15, 0.2) is 0 Å². The van der Waals surface area contributed by atoms with E-state index in [1.807, 2.05) is 31.2 Å². The van der Waals surface area contributed by atoms with Crippen LogP contribution in [-0.2, 0) is 16.0 Å². The maximum absolute atomic E-state index is 12.2. The number of carbonyl (C=O) groups excluding carboxylic acids is 1. The number of carboxylic acid groups (broad SMARTS) is 1. The number of benzene rings is 1. The third kappa shape index (κ3) is 3.26. The number of aryl methyl sites for hydroxylation is 1. The second-order valence-corrected chi connectivity index (χ2v) is 5.61. The molecule has 1 aliphatic heterocycles. The molecule has 4 nitrogen and oxygen atoms in total. The fourth-order valence-corrected chi connectivity index (χ4v) is 3.08. The van der Waals surface area contributed by atoms with E-state index in [1.165, 1.54) is 5.56 Å². The molecule has 1 fully saturated rings. The first-order valence-electron chi connectivity index (χ1n) is 7.69. The van der Waals surface area contributed by atoms with Gasteiger partial charge in [-0.3, -0.25) is 9.59 Å². The number of carbonyl (C=O) groups is 2. The summed E-state index contributed by atoms with van der Waals surface area (Å²) in [7, 11) is 0. The number of carboxylic acids is 1. The summed E-state index contributed by atoms with van der Waals surface area (Å²) in [6.45, 7) is 4.71. The zero-order chi connectivity index (χ0) is 15.4. The van der Waals surface area contributed by atoms with Crippen LogP contribution in [0.2, 0.25) is 0 Å². The van der Waals surface area contributed by atoms with Crippen LogP contribution in [0.1, 0.15) is 50.3 Å². The highest BCUT2D eigenvalue weighted by Crippen LogP contribution is 2.37. The molecule has 0 bridgehead atoms. The van der Waals surface area contributed by atoms with Crippen molar-refractivity contribution >= 4 is 11.9 Å². The van der Waals surface area contributed by atoms with Crippen molar-refractivity contribution in [2.24, 2.45) is 5.92 Å². The van der Waals surface area contributed by atoms with Gasteiger partial charge in [0, 0.05) is 13.0 Å². The normalized spacial score (nSPS) is 22.4. The van der Waals surface area contributed by atoms with Crippen molar-refractivity contribution in [3.05, 3.63) is 35.4 Å². The van der Waals surface area contributed by atoms with E-state index in [0.717, 1.165) is 18.4 Å². The van der Waals surface area contributed by atoms with Crippen molar-refractivity contribution in [3.63, 3.8) is 0 Å². The molecule has 1 heterocycles. The molecule has 4 heteroatoms. The first-order chi connectivity index (χ1) is 10.1. The summed E-state index contributed by atoms with van der Waals surface area (Å²) in [6.07, 6.45) is 2.54. The highest BCUT2D eigenvalue weighted by Gasteiger charge is 2.40. The quantitative estimate of drug-likeness (QED) is 0.906. The Morgan fingerprint density at radius 2 is 1.95 bits per heavy atom. The summed E-state index contributed by atoms with van der Waals surface area (Å²) in [5.41, 5.74) is 2.15. The molecule has 1 aromatic rings.